The number of benzene rings is 2. The summed E-state index contributed by atoms with van der Waals surface area (Å²) in [5, 5.41) is 2.50. The van der Waals surface area contributed by atoms with E-state index in [4.69, 9.17) is 4.74 Å². The predicted molar refractivity (Wildman–Crippen MR) is 102 cm³/mol. The average Bonchev–Trinajstić information content (AvgIpc) is 2.96. The van der Waals surface area contributed by atoms with Crippen molar-refractivity contribution in [3.05, 3.63) is 65.2 Å². The Morgan fingerprint density at radius 1 is 0.966 bits per heavy atom. The molecule has 8 heteroatoms. The molecule has 3 amide bonds. The standard InChI is InChI=1S/C21H18N2O6/c1-12(23-19(26)15-8-3-4-9-16(15)20(23)27)21(28)29-11-18(25)22-17-10-6-5-7-14(17)13(2)24/h3-10,12H,11H2,1-2H3,(H,22,25)/t12-/m1/s1. The number of imide groups is 1. The third-order valence-corrected chi connectivity index (χ3v) is 4.48. The molecular formula is C21H18N2O6. The van der Waals surface area contributed by atoms with Gasteiger partial charge in [0.1, 0.15) is 6.04 Å². The number of esters is 1. The number of nitrogens with one attached hydrogen (secondary N) is 1. The average molecular weight is 394 g/mol. The van der Waals surface area contributed by atoms with Crippen molar-refractivity contribution < 1.29 is 28.7 Å². The van der Waals surface area contributed by atoms with Crippen molar-refractivity contribution in [1.82, 2.24) is 4.90 Å². The Kier molecular flexibility index (Phi) is 5.54. The van der Waals surface area contributed by atoms with E-state index >= 15 is 0 Å². The molecule has 29 heavy (non-hydrogen) atoms. The number of hydrogen-bond acceptors (Lipinski definition) is 6. The van der Waals surface area contributed by atoms with Crippen LogP contribution in [0.25, 0.3) is 0 Å². The lowest BCUT2D eigenvalue weighted by Crippen LogP contribution is -2.44. The number of carbonyl (C=O) groups is 5. The van der Waals surface area contributed by atoms with E-state index < -0.39 is 36.3 Å². The van der Waals surface area contributed by atoms with Gasteiger partial charge in [0, 0.05) is 5.56 Å². The van der Waals surface area contributed by atoms with Gasteiger partial charge in [0.25, 0.3) is 17.7 Å². The smallest absolute Gasteiger partial charge is 0.329 e. The fraction of sp³-hybridized carbons (Fsp3) is 0.190. The van der Waals surface area contributed by atoms with E-state index in [1.54, 1.807) is 36.4 Å². The number of rotatable bonds is 6. The molecule has 1 aliphatic rings. The molecule has 1 N–H and O–H groups in total. The van der Waals surface area contributed by atoms with Crippen LogP contribution in [0.2, 0.25) is 0 Å². The van der Waals surface area contributed by atoms with Gasteiger partial charge >= 0.3 is 5.97 Å². The lowest BCUT2D eigenvalue weighted by molar-refractivity contribution is -0.150. The normalized spacial score (nSPS) is 13.7. The summed E-state index contributed by atoms with van der Waals surface area (Å²) in [4.78, 5) is 61.7. The Bertz CT molecular complexity index is 994. The molecule has 8 nitrogen and oxygen atoms in total. The zero-order valence-corrected chi connectivity index (χ0v) is 15.8. The summed E-state index contributed by atoms with van der Waals surface area (Å²) in [5.74, 6) is -2.95. The molecule has 0 spiro atoms. The van der Waals surface area contributed by atoms with E-state index in [-0.39, 0.29) is 16.9 Å². The minimum Gasteiger partial charge on any atom is -0.454 e. The van der Waals surface area contributed by atoms with E-state index in [2.05, 4.69) is 5.32 Å². The first-order chi connectivity index (χ1) is 13.8. The lowest BCUT2D eigenvalue weighted by atomic mass is 10.1. The van der Waals surface area contributed by atoms with Crippen molar-refractivity contribution in [2.24, 2.45) is 0 Å². The highest BCUT2D eigenvalue weighted by atomic mass is 16.5. The fourth-order valence-electron chi connectivity index (χ4n) is 3.01. The molecule has 148 valence electrons. The van der Waals surface area contributed by atoms with E-state index in [0.717, 1.165) is 4.90 Å². The number of para-hydroxylation sites is 1. The monoisotopic (exact) mass is 394 g/mol. The molecular weight excluding hydrogens is 376 g/mol. The van der Waals surface area contributed by atoms with Gasteiger partial charge in [-0.1, -0.05) is 24.3 Å². The Morgan fingerprint density at radius 2 is 1.52 bits per heavy atom. The summed E-state index contributed by atoms with van der Waals surface area (Å²) in [6, 6.07) is 11.5. The zero-order chi connectivity index (χ0) is 21.1. The maximum atomic E-state index is 12.4. The number of fused-ring (bicyclic) bond motifs is 1. The topological polar surface area (TPSA) is 110 Å². The molecule has 2 aromatic carbocycles. The van der Waals surface area contributed by atoms with Crippen molar-refractivity contribution >= 4 is 35.2 Å². The first-order valence-corrected chi connectivity index (χ1v) is 8.84. The predicted octanol–water partition coefficient (Wildman–Crippen LogP) is 2.06. The van der Waals surface area contributed by atoms with Crippen LogP contribution in [0.3, 0.4) is 0 Å². The van der Waals surface area contributed by atoms with Gasteiger partial charge in [0.05, 0.1) is 16.8 Å². The Balaban J connectivity index is 1.61. The van der Waals surface area contributed by atoms with Gasteiger partial charge in [-0.15, -0.1) is 0 Å². The van der Waals surface area contributed by atoms with Crippen LogP contribution in [0.1, 0.15) is 44.9 Å². The highest BCUT2D eigenvalue weighted by Gasteiger charge is 2.41. The van der Waals surface area contributed by atoms with Crippen LogP contribution in [-0.2, 0) is 14.3 Å². The molecule has 0 fully saturated rings. The van der Waals surface area contributed by atoms with Crippen LogP contribution in [0.15, 0.2) is 48.5 Å². The zero-order valence-electron chi connectivity index (χ0n) is 15.8. The summed E-state index contributed by atoms with van der Waals surface area (Å²) < 4.78 is 4.96. The van der Waals surface area contributed by atoms with Gasteiger partial charge in [-0.3, -0.25) is 24.1 Å². The van der Waals surface area contributed by atoms with Gasteiger partial charge in [-0.2, -0.15) is 0 Å². The minimum absolute atomic E-state index is 0.218. The molecule has 1 aliphatic heterocycles. The van der Waals surface area contributed by atoms with Gasteiger partial charge in [0.2, 0.25) is 0 Å². The molecule has 0 unspecified atom stereocenters. The first kappa shape index (κ1) is 19.9. The summed E-state index contributed by atoms with van der Waals surface area (Å²) in [7, 11) is 0. The fourth-order valence-corrected chi connectivity index (χ4v) is 3.01. The second kappa shape index (κ2) is 8.05. The molecule has 0 saturated carbocycles. The molecule has 1 atom stereocenters. The second-order valence-electron chi connectivity index (χ2n) is 6.46. The van der Waals surface area contributed by atoms with Crippen molar-refractivity contribution in [2.45, 2.75) is 19.9 Å². The minimum atomic E-state index is -1.19. The number of carbonyl (C=O) groups excluding carboxylic acids is 5. The van der Waals surface area contributed by atoms with Crippen LogP contribution < -0.4 is 5.32 Å². The van der Waals surface area contributed by atoms with Crippen molar-refractivity contribution in [3.63, 3.8) is 0 Å². The molecule has 0 aromatic heterocycles. The van der Waals surface area contributed by atoms with Crippen molar-refractivity contribution in [3.8, 4) is 0 Å². The summed E-state index contributed by atoms with van der Waals surface area (Å²) in [6.07, 6.45) is 0. The second-order valence-corrected chi connectivity index (χ2v) is 6.46. The number of Topliss-reactive ketones (excluding diaryl/α,β-unsaturated/α-hetero) is 1. The van der Waals surface area contributed by atoms with Gasteiger partial charge in [-0.05, 0) is 38.1 Å². The van der Waals surface area contributed by atoms with Crippen LogP contribution in [0.5, 0.6) is 0 Å². The first-order valence-electron chi connectivity index (χ1n) is 8.84. The summed E-state index contributed by atoms with van der Waals surface area (Å²) >= 11 is 0. The number of ketones is 1. The molecule has 0 aliphatic carbocycles. The largest absolute Gasteiger partial charge is 0.454 e. The van der Waals surface area contributed by atoms with Crippen molar-refractivity contribution in [2.75, 3.05) is 11.9 Å². The number of anilines is 1. The van der Waals surface area contributed by atoms with E-state index in [1.807, 2.05) is 0 Å². The van der Waals surface area contributed by atoms with Crippen LogP contribution in [0.4, 0.5) is 5.69 Å². The number of amides is 3. The Labute approximate surface area is 166 Å². The molecule has 1 heterocycles. The summed E-state index contributed by atoms with van der Waals surface area (Å²) in [6.45, 7) is 2.10. The Hall–Kier alpha value is -3.81. The number of ether oxygens (including phenoxy) is 1. The van der Waals surface area contributed by atoms with E-state index in [9.17, 15) is 24.0 Å². The number of nitrogens with zero attached hydrogens (tertiary/aromatic N) is 1. The highest BCUT2D eigenvalue weighted by molar-refractivity contribution is 6.22. The van der Waals surface area contributed by atoms with Gasteiger partial charge in [-0.25, -0.2) is 4.79 Å². The third kappa shape index (κ3) is 3.91. The lowest BCUT2D eigenvalue weighted by Gasteiger charge is -2.20. The Morgan fingerprint density at radius 3 is 2.10 bits per heavy atom. The maximum absolute atomic E-state index is 12.4. The van der Waals surface area contributed by atoms with E-state index in [1.165, 1.54) is 26.0 Å². The summed E-state index contributed by atoms with van der Waals surface area (Å²) in [5.41, 5.74) is 1.06. The van der Waals surface area contributed by atoms with Gasteiger partial charge in [0.15, 0.2) is 12.4 Å². The van der Waals surface area contributed by atoms with Crippen LogP contribution >= 0.6 is 0 Å². The molecule has 0 bridgehead atoms. The van der Waals surface area contributed by atoms with Crippen LogP contribution in [0, 0.1) is 0 Å². The van der Waals surface area contributed by atoms with Crippen LogP contribution in [-0.4, -0.2) is 47.0 Å². The number of hydrogen-bond donors (Lipinski definition) is 1. The van der Waals surface area contributed by atoms with E-state index in [0.29, 0.717) is 11.3 Å². The van der Waals surface area contributed by atoms with Gasteiger partial charge < -0.3 is 10.1 Å². The van der Waals surface area contributed by atoms with Crippen molar-refractivity contribution in [1.29, 1.82) is 0 Å². The third-order valence-electron chi connectivity index (χ3n) is 4.48. The molecule has 0 radical (unpaired) electrons. The maximum Gasteiger partial charge on any atom is 0.329 e. The molecule has 3 rings (SSSR count). The highest BCUT2D eigenvalue weighted by Crippen LogP contribution is 2.24. The molecule has 0 saturated heterocycles. The SMILES string of the molecule is CC(=O)c1ccccc1NC(=O)COC(=O)[C@@H](C)N1C(=O)c2ccccc2C1=O. The quantitative estimate of drug-likeness (QED) is 0.456. The molecule has 2 aromatic rings.